The van der Waals surface area contributed by atoms with Crippen molar-refractivity contribution in [3.63, 3.8) is 0 Å². The lowest BCUT2D eigenvalue weighted by atomic mass is 10.1. The molecule has 0 fully saturated rings. The number of carboxylic acid groups (broad SMARTS) is 1. The van der Waals surface area contributed by atoms with Gasteiger partial charge in [0.2, 0.25) is 0 Å². The van der Waals surface area contributed by atoms with Gasteiger partial charge in [-0.05, 0) is 18.1 Å². The number of hydrogen-bond acceptors (Lipinski definition) is 3. The standard InChI is InChI=1S/C13H10F3NO2S/c1-5(2)10-11(13(18)19)20-12(17-10)6-3-7(14)9(16)8(15)4-6/h3-5H,1-2H3,(H,18,19). The maximum atomic E-state index is 13.2. The third-order valence-electron chi connectivity index (χ3n) is 2.63. The molecular weight excluding hydrogens is 291 g/mol. The number of benzene rings is 1. The zero-order valence-corrected chi connectivity index (χ0v) is 11.4. The van der Waals surface area contributed by atoms with Crippen LogP contribution in [-0.2, 0) is 0 Å². The molecule has 1 aromatic carbocycles. The fourth-order valence-electron chi connectivity index (χ4n) is 1.68. The van der Waals surface area contributed by atoms with Crippen molar-refractivity contribution in [3.8, 4) is 10.6 Å². The maximum Gasteiger partial charge on any atom is 0.347 e. The molecule has 0 aliphatic heterocycles. The first-order valence-electron chi connectivity index (χ1n) is 5.70. The van der Waals surface area contributed by atoms with Crippen LogP contribution in [0.5, 0.6) is 0 Å². The average molecular weight is 301 g/mol. The minimum Gasteiger partial charge on any atom is -0.477 e. The Kier molecular flexibility index (Phi) is 3.80. The predicted octanol–water partition coefficient (Wildman–Crippen LogP) is 4.05. The molecule has 0 unspecified atom stereocenters. The maximum absolute atomic E-state index is 13.2. The summed E-state index contributed by atoms with van der Waals surface area (Å²) in [6.45, 7) is 3.52. The number of rotatable bonds is 3. The highest BCUT2D eigenvalue weighted by atomic mass is 32.1. The van der Waals surface area contributed by atoms with Crippen LogP contribution in [-0.4, -0.2) is 16.1 Å². The number of carbonyl (C=O) groups is 1. The summed E-state index contributed by atoms with van der Waals surface area (Å²) in [4.78, 5) is 15.2. The number of thiazole rings is 1. The third kappa shape index (κ3) is 2.53. The lowest BCUT2D eigenvalue weighted by Gasteiger charge is -2.01. The fraction of sp³-hybridized carbons (Fsp3) is 0.231. The van der Waals surface area contributed by atoms with E-state index in [1.54, 1.807) is 13.8 Å². The first kappa shape index (κ1) is 14.5. The molecule has 3 nitrogen and oxygen atoms in total. The van der Waals surface area contributed by atoms with Gasteiger partial charge in [-0.25, -0.2) is 22.9 Å². The smallest absolute Gasteiger partial charge is 0.347 e. The van der Waals surface area contributed by atoms with Gasteiger partial charge in [0.05, 0.1) is 5.69 Å². The van der Waals surface area contributed by atoms with E-state index in [-0.39, 0.29) is 21.4 Å². The van der Waals surface area contributed by atoms with Crippen LogP contribution in [0.25, 0.3) is 10.6 Å². The van der Waals surface area contributed by atoms with E-state index in [0.29, 0.717) is 5.69 Å². The lowest BCUT2D eigenvalue weighted by Crippen LogP contribution is -2.00. The van der Waals surface area contributed by atoms with Gasteiger partial charge >= 0.3 is 5.97 Å². The van der Waals surface area contributed by atoms with E-state index in [1.165, 1.54) is 0 Å². The average Bonchev–Trinajstić information content (AvgIpc) is 2.80. The van der Waals surface area contributed by atoms with Crippen LogP contribution in [0.2, 0.25) is 0 Å². The molecule has 0 amide bonds. The molecule has 0 aliphatic rings. The molecule has 0 spiro atoms. The summed E-state index contributed by atoms with van der Waals surface area (Å²) in [6, 6.07) is 1.60. The van der Waals surface area contributed by atoms with Gasteiger partial charge in [-0.1, -0.05) is 13.8 Å². The minimum absolute atomic E-state index is 0.0140. The Morgan fingerprint density at radius 3 is 2.20 bits per heavy atom. The Balaban J connectivity index is 2.59. The number of hydrogen-bond donors (Lipinski definition) is 1. The summed E-state index contributed by atoms with van der Waals surface area (Å²) in [7, 11) is 0. The van der Waals surface area contributed by atoms with Crippen molar-refractivity contribution in [2.24, 2.45) is 0 Å². The highest BCUT2D eigenvalue weighted by Crippen LogP contribution is 2.33. The van der Waals surface area contributed by atoms with Gasteiger partial charge in [-0.2, -0.15) is 0 Å². The Hall–Kier alpha value is -1.89. The van der Waals surface area contributed by atoms with Crippen LogP contribution in [0.3, 0.4) is 0 Å². The van der Waals surface area contributed by atoms with Gasteiger partial charge < -0.3 is 5.11 Å². The largest absolute Gasteiger partial charge is 0.477 e. The molecule has 0 saturated carbocycles. The Morgan fingerprint density at radius 1 is 1.25 bits per heavy atom. The monoisotopic (exact) mass is 301 g/mol. The first-order chi connectivity index (χ1) is 9.31. The van der Waals surface area contributed by atoms with Gasteiger partial charge in [0.15, 0.2) is 17.5 Å². The van der Waals surface area contributed by atoms with Gasteiger partial charge in [0.1, 0.15) is 9.88 Å². The van der Waals surface area contributed by atoms with Crippen molar-refractivity contribution < 1.29 is 23.1 Å². The summed E-state index contributed by atoms with van der Waals surface area (Å²) < 4.78 is 39.3. The van der Waals surface area contributed by atoms with Crippen molar-refractivity contribution in [2.75, 3.05) is 0 Å². The van der Waals surface area contributed by atoms with Crippen LogP contribution in [0, 0.1) is 17.5 Å². The van der Waals surface area contributed by atoms with Gasteiger partial charge in [-0.3, -0.25) is 0 Å². The summed E-state index contributed by atoms with van der Waals surface area (Å²) >= 11 is 0.806. The molecule has 2 aromatic rings. The predicted molar refractivity (Wildman–Crippen MR) is 68.5 cm³/mol. The van der Waals surface area contributed by atoms with Gasteiger partial charge in [0, 0.05) is 5.56 Å². The molecule has 0 radical (unpaired) electrons. The Bertz CT molecular complexity index is 659. The lowest BCUT2D eigenvalue weighted by molar-refractivity contribution is 0.0700. The molecule has 1 N–H and O–H groups in total. The Morgan fingerprint density at radius 2 is 1.80 bits per heavy atom. The minimum atomic E-state index is -1.56. The molecule has 2 rings (SSSR count). The topological polar surface area (TPSA) is 50.2 Å². The second-order valence-electron chi connectivity index (χ2n) is 4.45. The zero-order valence-electron chi connectivity index (χ0n) is 10.6. The van der Waals surface area contributed by atoms with E-state index in [9.17, 15) is 18.0 Å². The molecule has 0 bridgehead atoms. The second-order valence-corrected chi connectivity index (χ2v) is 5.45. The normalized spacial score (nSPS) is 11.1. The Labute approximate surface area is 116 Å². The van der Waals surface area contributed by atoms with E-state index < -0.39 is 23.4 Å². The van der Waals surface area contributed by atoms with Crippen molar-refractivity contribution in [1.82, 2.24) is 4.98 Å². The highest BCUT2D eigenvalue weighted by Gasteiger charge is 2.21. The molecule has 1 heterocycles. The van der Waals surface area contributed by atoms with Crippen LogP contribution in [0.4, 0.5) is 13.2 Å². The van der Waals surface area contributed by atoms with Crippen molar-refractivity contribution in [1.29, 1.82) is 0 Å². The first-order valence-corrected chi connectivity index (χ1v) is 6.51. The number of aromatic nitrogens is 1. The molecule has 7 heteroatoms. The molecule has 20 heavy (non-hydrogen) atoms. The molecule has 1 aromatic heterocycles. The van der Waals surface area contributed by atoms with Crippen LogP contribution in [0.1, 0.15) is 35.1 Å². The number of aromatic carboxylic acids is 1. The van der Waals surface area contributed by atoms with Crippen molar-refractivity contribution in [2.45, 2.75) is 19.8 Å². The number of halogens is 3. The molecule has 0 saturated heterocycles. The number of carboxylic acids is 1. The third-order valence-corrected chi connectivity index (χ3v) is 3.73. The van der Waals surface area contributed by atoms with E-state index in [1.807, 2.05) is 0 Å². The molecular formula is C13H10F3NO2S. The zero-order chi connectivity index (χ0) is 15.0. The summed E-state index contributed by atoms with van der Waals surface area (Å²) in [5.74, 6) is -5.54. The summed E-state index contributed by atoms with van der Waals surface area (Å²) in [5, 5.41) is 9.23. The fourth-order valence-corrected chi connectivity index (χ4v) is 2.73. The van der Waals surface area contributed by atoms with Gasteiger partial charge in [-0.15, -0.1) is 11.3 Å². The van der Waals surface area contributed by atoms with E-state index in [0.717, 1.165) is 23.5 Å². The van der Waals surface area contributed by atoms with Crippen LogP contribution in [0.15, 0.2) is 12.1 Å². The quantitative estimate of drug-likeness (QED) is 0.870. The van der Waals surface area contributed by atoms with E-state index >= 15 is 0 Å². The molecule has 0 aliphatic carbocycles. The van der Waals surface area contributed by atoms with Gasteiger partial charge in [0.25, 0.3) is 0 Å². The van der Waals surface area contributed by atoms with E-state index in [4.69, 9.17) is 5.11 Å². The van der Waals surface area contributed by atoms with Crippen LogP contribution >= 0.6 is 11.3 Å². The summed E-state index contributed by atoms with van der Waals surface area (Å²) in [6.07, 6.45) is 0. The number of nitrogens with zero attached hydrogens (tertiary/aromatic N) is 1. The second kappa shape index (κ2) is 5.24. The SMILES string of the molecule is CC(C)c1nc(-c2cc(F)c(F)c(F)c2)sc1C(=O)O. The molecule has 106 valence electrons. The summed E-state index contributed by atoms with van der Waals surface area (Å²) in [5.41, 5.74) is 0.350. The van der Waals surface area contributed by atoms with Crippen molar-refractivity contribution in [3.05, 3.63) is 40.2 Å². The molecule has 0 atom stereocenters. The van der Waals surface area contributed by atoms with E-state index in [2.05, 4.69) is 4.98 Å². The van der Waals surface area contributed by atoms with Crippen molar-refractivity contribution >= 4 is 17.3 Å². The highest BCUT2D eigenvalue weighted by molar-refractivity contribution is 7.17. The van der Waals surface area contributed by atoms with Crippen LogP contribution < -0.4 is 0 Å².